The molecule has 8 rings (SSSR count). The fourth-order valence-electron chi connectivity index (χ4n) is 12.1. The van der Waals surface area contributed by atoms with E-state index >= 15 is 0 Å². The van der Waals surface area contributed by atoms with Gasteiger partial charge in [-0.15, -0.1) is 0 Å². The van der Waals surface area contributed by atoms with E-state index in [4.69, 9.17) is 71.1 Å². The summed E-state index contributed by atoms with van der Waals surface area (Å²) < 4.78 is 85.7. The molecule has 2 amide bonds. The molecule has 40 atom stereocenters. The molecular formula is C52H88N2O40. The van der Waals surface area contributed by atoms with Gasteiger partial charge in [0.25, 0.3) is 0 Å². The van der Waals surface area contributed by atoms with Gasteiger partial charge in [0.15, 0.2) is 50.3 Å². The average molecular weight is 1380 g/mol. The minimum Gasteiger partial charge on any atom is -0.394 e. The smallest absolute Gasteiger partial charge is 0.217 e. The molecule has 8 aliphatic heterocycles. The van der Waals surface area contributed by atoms with E-state index in [2.05, 4.69) is 10.6 Å². The predicted octanol–water partition coefficient (Wildman–Crippen LogP) is -17.1. The Morgan fingerprint density at radius 1 is 0.298 bits per heavy atom. The minimum absolute atomic E-state index is 0.840. The van der Waals surface area contributed by atoms with Crippen molar-refractivity contribution in [2.75, 3.05) is 46.2 Å². The number of aliphatic hydroxyl groups excluding tert-OH is 23. The summed E-state index contributed by atoms with van der Waals surface area (Å²) in [6.45, 7) is -3.66. The molecule has 94 heavy (non-hydrogen) atoms. The number of ether oxygens (including phenoxy) is 15. The Hall–Kier alpha value is -2.58. The molecule has 0 aromatic carbocycles. The van der Waals surface area contributed by atoms with Gasteiger partial charge in [-0.25, -0.2) is 0 Å². The SMILES string of the molecule is CC(=O)N[C@@H]1[C@@H](O[C@@H]2O[C@H](CO)[C@H](O[C@H]3O[C@H](CO)[C@H](O)[C@H](O[C@H]4O[C@H](CO)[C@H](O)[C@H](O)[C@H]4O[C@@H]4O[C@@H](C)[C@@H](O)[C@@H](O)[C@@H]4O)[C@H]3O)[C@H](O)[C@H]2O)[C@@H](O)[C@@H](CO[C@@H]2O[C@H](CO)[C@@H](O[C@@H]3O[C@H](CO)[C@H](O[C@H]4O[C@H](CO)[C@H](O)[C@H](O)[C@H]4O)[C@H](O)[C@H]3O)[C@H](O)[C@H]2NC(C)=O)O[C@@H]1O. The second kappa shape index (κ2) is 33.3. The molecule has 0 aromatic rings. The highest BCUT2D eigenvalue weighted by Gasteiger charge is 2.59. The van der Waals surface area contributed by atoms with Crippen molar-refractivity contribution in [2.45, 2.75) is 266 Å². The summed E-state index contributed by atoms with van der Waals surface area (Å²) in [6.07, 6.45) is -73.2. The van der Waals surface area contributed by atoms with Crippen LogP contribution in [-0.4, -0.2) is 421 Å². The number of carbonyl (C=O) groups is 2. The molecule has 25 N–H and O–H groups in total. The van der Waals surface area contributed by atoms with E-state index in [1.54, 1.807) is 0 Å². The number of amides is 2. The van der Waals surface area contributed by atoms with Gasteiger partial charge >= 0.3 is 0 Å². The number of aliphatic hydroxyl groups is 23. The lowest BCUT2D eigenvalue weighted by Crippen LogP contribution is -2.69. The van der Waals surface area contributed by atoms with Crippen molar-refractivity contribution in [1.82, 2.24) is 10.6 Å². The van der Waals surface area contributed by atoms with Crippen molar-refractivity contribution >= 4 is 11.8 Å². The molecule has 42 nitrogen and oxygen atoms in total. The van der Waals surface area contributed by atoms with Crippen LogP contribution in [0.3, 0.4) is 0 Å². The van der Waals surface area contributed by atoms with Gasteiger partial charge in [-0.05, 0) is 6.92 Å². The summed E-state index contributed by atoms with van der Waals surface area (Å²) in [5.74, 6) is -1.70. The summed E-state index contributed by atoms with van der Waals surface area (Å²) in [5.41, 5.74) is 0. The van der Waals surface area contributed by atoms with E-state index in [1.165, 1.54) is 6.92 Å². The highest BCUT2D eigenvalue weighted by atomic mass is 16.8. The molecule has 0 aromatic heterocycles. The second-order valence-corrected chi connectivity index (χ2v) is 23.9. The Balaban J connectivity index is 0.934. The van der Waals surface area contributed by atoms with Crippen LogP contribution in [0.4, 0.5) is 0 Å². The van der Waals surface area contributed by atoms with Crippen LogP contribution in [0, 0.1) is 0 Å². The number of hydrogen-bond acceptors (Lipinski definition) is 40. The van der Waals surface area contributed by atoms with Crippen LogP contribution >= 0.6 is 0 Å². The first-order valence-electron chi connectivity index (χ1n) is 30.0. The van der Waals surface area contributed by atoms with Crippen LogP contribution in [-0.2, 0) is 80.6 Å². The van der Waals surface area contributed by atoms with E-state index in [0.29, 0.717) is 0 Å². The lowest BCUT2D eigenvalue weighted by atomic mass is 9.94. The van der Waals surface area contributed by atoms with Crippen LogP contribution in [0.5, 0.6) is 0 Å². The first kappa shape index (κ1) is 77.2. The van der Waals surface area contributed by atoms with Crippen LogP contribution in [0.25, 0.3) is 0 Å². The zero-order chi connectivity index (χ0) is 69.2. The van der Waals surface area contributed by atoms with E-state index in [9.17, 15) is 127 Å². The Kier molecular flexibility index (Phi) is 27.3. The standard InChI is InChI=1S/C52H88N2O40/c1-11-23(63)29(69)34(74)47(81-11)94-44-31(71)25(65)15(5-56)85-52(44)93-43-26(66)16(6-57)84-51(38(43)78)91-41-19(9-60)88-50(37(77)33(41)73)92-42-22(54-13(3)62)45(79)82-20(27(42)67)10-80-46-21(53-12(2)61)28(68)39(17(7-58)86-46)89-49-36(76)32(72)40(18(8-59)87-49)90-48-35(75)30(70)24(64)14(4-55)83-48/h11,14-52,55-60,63-79H,4-10H2,1-3H3,(H,53,61)(H,54,62)/t11-,14+,15+,16+,17+,18+,19+,20+,21+,22+,23+,24-,25-,26-,27-,28+,29+,30-,31-,32+,33+,34-,35+,36+,37+,38+,39+,40-,41-,42+,43-,44+,45-,46+,47-,48+,49-,50-,51+,52+/m0/s1. The Bertz CT molecular complexity index is 2360. The molecular weight excluding hydrogens is 1290 g/mol. The maximum atomic E-state index is 12.6. The van der Waals surface area contributed by atoms with Gasteiger partial charge in [-0.1, -0.05) is 0 Å². The van der Waals surface area contributed by atoms with Crippen molar-refractivity contribution < 1.29 is 198 Å². The minimum atomic E-state index is -2.32. The quantitative estimate of drug-likeness (QED) is 0.0452. The number of nitrogens with one attached hydrogen (secondary N) is 2. The van der Waals surface area contributed by atoms with Gasteiger partial charge < -0.3 is 199 Å². The Morgan fingerprint density at radius 2 is 0.628 bits per heavy atom. The third kappa shape index (κ3) is 16.4. The van der Waals surface area contributed by atoms with E-state index in [1.807, 2.05) is 0 Å². The molecule has 42 heteroatoms. The summed E-state index contributed by atoms with van der Waals surface area (Å²) in [7, 11) is 0. The van der Waals surface area contributed by atoms with Crippen molar-refractivity contribution in [3.05, 3.63) is 0 Å². The van der Waals surface area contributed by atoms with Crippen LogP contribution in [0.15, 0.2) is 0 Å². The van der Waals surface area contributed by atoms with Crippen molar-refractivity contribution in [3.63, 3.8) is 0 Å². The van der Waals surface area contributed by atoms with Gasteiger partial charge in [0.2, 0.25) is 11.8 Å². The molecule has 0 unspecified atom stereocenters. The van der Waals surface area contributed by atoms with Crippen molar-refractivity contribution in [2.24, 2.45) is 0 Å². The zero-order valence-corrected chi connectivity index (χ0v) is 50.3. The first-order valence-corrected chi connectivity index (χ1v) is 30.0. The van der Waals surface area contributed by atoms with Crippen molar-refractivity contribution in [3.8, 4) is 0 Å². The summed E-state index contributed by atoms with van der Waals surface area (Å²) in [5, 5.41) is 254. The fraction of sp³-hybridized carbons (Fsp3) is 0.962. The van der Waals surface area contributed by atoms with Gasteiger partial charge in [-0.3, -0.25) is 9.59 Å². The number of rotatable bonds is 23. The summed E-state index contributed by atoms with van der Waals surface area (Å²) in [4.78, 5) is 25.1. The fourth-order valence-corrected chi connectivity index (χ4v) is 12.1. The molecule has 8 fully saturated rings. The molecule has 8 heterocycles. The van der Waals surface area contributed by atoms with Crippen molar-refractivity contribution in [1.29, 1.82) is 0 Å². The first-order chi connectivity index (χ1) is 44.4. The van der Waals surface area contributed by atoms with Gasteiger partial charge in [0.1, 0.15) is 189 Å². The molecule has 8 aliphatic rings. The molecule has 0 bridgehead atoms. The van der Waals surface area contributed by atoms with Gasteiger partial charge in [-0.2, -0.15) is 0 Å². The third-order valence-corrected chi connectivity index (χ3v) is 17.4. The maximum absolute atomic E-state index is 12.6. The third-order valence-electron chi connectivity index (χ3n) is 17.4. The lowest BCUT2D eigenvalue weighted by Gasteiger charge is -2.50. The van der Waals surface area contributed by atoms with E-state index < -0.39 is 304 Å². The number of hydrogen-bond donors (Lipinski definition) is 25. The average Bonchev–Trinajstić information content (AvgIpc) is 0.794. The molecule has 0 saturated carbocycles. The van der Waals surface area contributed by atoms with Gasteiger partial charge in [0, 0.05) is 13.8 Å². The van der Waals surface area contributed by atoms with Crippen LogP contribution in [0.1, 0.15) is 20.8 Å². The topological polar surface area (TPSA) is 662 Å². The van der Waals surface area contributed by atoms with Crippen LogP contribution in [0.2, 0.25) is 0 Å². The maximum Gasteiger partial charge on any atom is 0.217 e. The van der Waals surface area contributed by atoms with Crippen LogP contribution < -0.4 is 10.6 Å². The molecule has 0 radical (unpaired) electrons. The van der Waals surface area contributed by atoms with Gasteiger partial charge in [0.05, 0.1) is 52.4 Å². The van der Waals surface area contributed by atoms with E-state index in [-0.39, 0.29) is 0 Å². The largest absolute Gasteiger partial charge is 0.394 e. The molecule has 546 valence electrons. The Morgan fingerprint density at radius 3 is 1.11 bits per heavy atom. The summed E-state index contributed by atoms with van der Waals surface area (Å²) >= 11 is 0. The summed E-state index contributed by atoms with van der Waals surface area (Å²) in [6, 6.07) is -3.49. The lowest BCUT2D eigenvalue weighted by molar-refractivity contribution is -0.397. The predicted molar refractivity (Wildman–Crippen MR) is 286 cm³/mol. The normalized spacial score (nSPS) is 51.2. The highest BCUT2D eigenvalue weighted by Crippen LogP contribution is 2.38. The number of carbonyl (C=O) groups excluding carboxylic acids is 2. The molecule has 8 saturated heterocycles. The highest BCUT2D eigenvalue weighted by molar-refractivity contribution is 5.73. The Labute approximate surface area is 532 Å². The molecule has 0 spiro atoms. The molecule has 0 aliphatic carbocycles. The monoisotopic (exact) mass is 1380 g/mol. The zero-order valence-electron chi connectivity index (χ0n) is 50.3. The second-order valence-electron chi connectivity index (χ2n) is 23.9. The van der Waals surface area contributed by atoms with E-state index in [0.717, 1.165) is 13.8 Å².